The largest absolute Gasteiger partial charge is 0.416 e. The van der Waals surface area contributed by atoms with Crippen molar-refractivity contribution in [2.75, 3.05) is 97.8 Å². The van der Waals surface area contributed by atoms with Crippen LogP contribution in [-0.4, -0.2) is 123 Å². The first-order valence-electron chi connectivity index (χ1n) is 24.4. The maximum atomic E-state index is 13.0. The zero-order valence-electron chi connectivity index (χ0n) is 42.7. The number of ether oxygens (including phenoxy) is 2. The van der Waals surface area contributed by atoms with Crippen molar-refractivity contribution in [2.24, 2.45) is 0 Å². The van der Waals surface area contributed by atoms with Crippen LogP contribution in [0.25, 0.3) is 22.1 Å². The summed E-state index contributed by atoms with van der Waals surface area (Å²) in [7, 11) is 3.75. The third kappa shape index (κ3) is 13.6. The predicted molar refractivity (Wildman–Crippen MR) is 286 cm³/mol. The molecular formula is C53H57F3N16O4. The maximum absolute atomic E-state index is 13.0. The molecule has 3 aromatic carbocycles. The molecule has 0 radical (unpaired) electrons. The van der Waals surface area contributed by atoms with Gasteiger partial charge in [0.25, 0.3) is 11.8 Å². The molecule has 394 valence electrons. The average molecular weight is 1040 g/mol. The first kappa shape index (κ1) is 53.7. The molecule has 5 aromatic heterocycles. The van der Waals surface area contributed by atoms with Crippen LogP contribution in [0.4, 0.5) is 59.6 Å². The molecule has 10 rings (SSSR count). The molecule has 8 aromatic rings. The van der Waals surface area contributed by atoms with E-state index in [9.17, 15) is 22.8 Å². The third-order valence-corrected chi connectivity index (χ3v) is 12.0. The van der Waals surface area contributed by atoms with Crippen LogP contribution in [0.3, 0.4) is 0 Å². The van der Waals surface area contributed by atoms with Crippen LogP contribution in [-0.2, 0) is 15.7 Å². The average Bonchev–Trinajstić information content (AvgIpc) is 3.45. The Bertz CT molecular complexity index is 3320. The molecule has 0 spiro atoms. The predicted octanol–water partition coefficient (Wildman–Crippen LogP) is 8.49. The van der Waals surface area contributed by atoms with E-state index in [-0.39, 0.29) is 17.3 Å². The minimum Gasteiger partial charge on any atom is -0.378 e. The van der Waals surface area contributed by atoms with Crippen LogP contribution in [0, 0.1) is 13.8 Å². The molecule has 2 aliphatic rings. The zero-order valence-corrected chi connectivity index (χ0v) is 42.7. The highest BCUT2D eigenvalue weighted by molar-refractivity contribution is 6.06. The van der Waals surface area contributed by atoms with Gasteiger partial charge in [-0.05, 0) is 99.1 Å². The minimum absolute atomic E-state index is 0.177. The lowest BCUT2D eigenvalue weighted by atomic mass is 10.0. The number of nitrogens with zero attached hydrogens (tertiary/aromatic N) is 11. The second-order valence-electron chi connectivity index (χ2n) is 17.9. The Morgan fingerprint density at radius 3 is 1.61 bits per heavy atom. The van der Waals surface area contributed by atoms with Gasteiger partial charge in [0.2, 0.25) is 11.9 Å². The van der Waals surface area contributed by atoms with Gasteiger partial charge in [-0.2, -0.15) is 13.2 Å². The second kappa shape index (κ2) is 24.7. The second-order valence-corrected chi connectivity index (χ2v) is 17.9. The van der Waals surface area contributed by atoms with E-state index in [2.05, 4.69) is 91.3 Å². The summed E-state index contributed by atoms with van der Waals surface area (Å²) in [6.07, 6.45) is 2.65. The fraction of sp³-hybridized carbons (Fsp3) is 0.302. The van der Waals surface area contributed by atoms with Crippen molar-refractivity contribution in [1.29, 1.82) is 0 Å². The fourth-order valence-corrected chi connectivity index (χ4v) is 7.80. The van der Waals surface area contributed by atoms with Crippen molar-refractivity contribution in [2.45, 2.75) is 39.8 Å². The maximum Gasteiger partial charge on any atom is 0.416 e. The first-order chi connectivity index (χ1) is 36.7. The Morgan fingerprint density at radius 2 is 1.12 bits per heavy atom. The number of carbonyl (C=O) groups excluding carboxylic acids is 2. The van der Waals surface area contributed by atoms with E-state index in [0.29, 0.717) is 102 Å². The van der Waals surface area contributed by atoms with E-state index in [1.807, 2.05) is 69.2 Å². The number of hydrogen-bond donors (Lipinski definition) is 5. The van der Waals surface area contributed by atoms with Crippen LogP contribution in [0.2, 0.25) is 0 Å². The van der Waals surface area contributed by atoms with Crippen LogP contribution in [0.15, 0.2) is 104 Å². The lowest BCUT2D eigenvalue weighted by Gasteiger charge is -2.26. The van der Waals surface area contributed by atoms with Gasteiger partial charge in [0.15, 0.2) is 11.6 Å². The van der Waals surface area contributed by atoms with Gasteiger partial charge in [-0.1, -0.05) is 38.1 Å². The van der Waals surface area contributed by atoms with Crippen LogP contribution < -0.4 is 36.4 Å². The number of hydrogen-bond acceptors (Lipinski definition) is 18. The highest BCUT2D eigenvalue weighted by Gasteiger charge is 2.31. The summed E-state index contributed by atoms with van der Waals surface area (Å²) in [6.45, 7) is 13.3. The number of morpholine rings is 2. The Hall–Kier alpha value is -8.54. The van der Waals surface area contributed by atoms with Crippen molar-refractivity contribution < 1.29 is 32.2 Å². The van der Waals surface area contributed by atoms with Gasteiger partial charge in [0, 0.05) is 60.6 Å². The molecule has 0 atom stereocenters. The lowest BCUT2D eigenvalue weighted by molar-refractivity contribution is -0.137. The Kier molecular flexibility index (Phi) is 17.4. The lowest BCUT2D eigenvalue weighted by Crippen LogP contribution is -2.37. The molecule has 20 nitrogen and oxygen atoms in total. The van der Waals surface area contributed by atoms with Gasteiger partial charge in [-0.15, -0.1) is 0 Å². The highest BCUT2D eigenvalue weighted by Crippen LogP contribution is 2.31. The van der Waals surface area contributed by atoms with Gasteiger partial charge in [-0.3, -0.25) is 9.59 Å². The van der Waals surface area contributed by atoms with Crippen molar-refractivity contribution >= 4 is 80.3 Å². The summed E-state index contributed by atoms with van der Waals surface area (Å²) in [5.41, 5.74) is 7.22. The molecule has 23 heteroatoms. The summed E-state index contributed by atoms with van der Waals surface area (Å²) in [6, 6.07) is 20.0. The number of aryl methyl sites for hydroxylation is 2. The van der Waals surface area contributed by atoms with Crippen molar-refractivity contribution in [1.82, 2.24) is 50.2 Å². The minimum atomic E-state index is -4.55. The standard InChI is InChI=1S/C27H29N7O2.C24H21F3N8O2.C2H7N/c1-17(2)19-5-4-6-21(13-19)31-26(35)20-8-7-18(3)22(14-20)32-25-24-23(29-16-30-25)15-28-27(33-24)34-9-11-36-12-10-34;1-14-2-3-15(22(36)33-19-11-16(4-5-28-19)24(25,26)27)10-17(14)32-21-20-18(30-13-31-21)12-29-23(34-20)35-6-8-37-9-7-35;1-3-2/h4-8,13-17H,9-12H2,1-3H3,(H,31,35)(H,29,30,32);2-5,10-13H,6-9H2,1H3,(H,28,33,36)(H,30,31,32);3H,1-2H3. The summed E-state index contributed by atoms with van der Waals surface area (Å²) < 4.78 is 49.8. The molecule has 5 N–H and O–H groups in total. The first-order valence-corrected chi connectivity index (χ1v) is 24.4. The number of fused-ring (bicyclic) bond motifs is 2. The number of benzene rings is 3. The van der Waals surface area contributed by atoms with E-state index in [1.165, 1.54) is 18.2 Å². The molecule has 0 aliphatic carbocycles. The third-order valence-electron chi connectivity index (χ3n) is 12.0. The number of alkyl halides is 3. The molecule has 2 saturated heterocycles. The number of aromatic nitrogens is 9. The number of halogens is 3. The number of rotatable bonds is 11. The van der Waals surface area contributed by atoms with Crippen LogP contribution in [0.5, 0.6) is 0 Å². The monoisotopic (exact) mass is 1040 g/mol. The molecule has 2 fully saturated rings. The summed E-state index contributed by atoms with van der Waals surface area (Å²) in [5.74, 6) is 1.52. The topological polar surface area (TPSA) is 235 Å². The summed E-state index contributed by atoms with van der Waals surface area (Å²) in [5, 5.41) is 14.7. The number of pyridine rings is 1. The normalized spacial score (nSPS) is 13.6. The number of anilines is 8. The van der Waals surface area contributed by atoms with E-state index in [1.54, 1.807) is 30.6 Å². The zero-order chi connectivity index (χ0) is 53.8. The van der Waals surface area contributed by atoms with E-state index < -0.39 is 17.6 Å². The molecule has 0 saturated carbocycles. The summed E-state index contributed by atoms with van der Waals surface area (Å²) in [4.78, 5) is 69.4. The van der Waals surface area contributed by atoms with Crippen molar-refractivity contribution in [3.63, 3.8) is 0 Å². The summed E-state index contributed by atoms with van der Waals surface area (Å²) >= 11 is 0. The SMILES string of the molecule is CNC.Cc1ccc(C(=O)Nc2cc(C(F)(F)F)ccn2)cc1Nc1ncnc2cnc(N3CCOCC3)nc12.Cc1ccc(C(=O)Nc2cccc(C(C)C)c2)cc1Nc1ncnc2cnc(N3CCOCC3)nc12. The van der Waals surface area contributed by atoms with Gasteiger partial charge in [0.05, 0.1) is 44.4 Å². The number of carbonyl (C=O) groups is 2. The highest BCUT2D eigenvalue weighted by atomic mass is 19.4. The van der Waals surface area contributed by atoms with Crippen LogP contribution in [0.1, 0.15) is 62.7 Å². The van der Waals surface area contributed by atoms with E-state index >= 15 is 0 Å². The van der Waals surface area contributed by atoms with Gasteiger partial charge >= 0.3 is 6.18 Å². The molecule has 0 bridgehead atoms. The Labute approximate surface area is 436 Å². The molecular weight excluding hydrogens is 982 g/mol. The molecule has 7 heterocycles. The van der Waals surface area contributed by atoms with E-state index in [0.717, 1.165) is 53.9 Å². The smallest absolute Gasteiger partial charge is 0.378 e. The molecule has 2 amide bonds. The Balaban J connectivity index is 0.000000192. The van der Waals surface area contributed by atoms with Crippen LogP contribution >= 0.6 is 0 Å². The number of amides is 2. The number of nitrogens with one attached hydrogen (secondary N) is 5. The molecule has 76 heavy (non-hydrogen) atoms. The van der Waals surface area contributed by atoms with Gasteiger partial charge < -0.3 is 45.9 Å². The quantitative estimate of drug-likeness (QED) is 0.0816. The van der Waals surface area contributed by atoms with E-state index in [4.69, 9.17) is 14.5 Å². The van der Waals surface area contributed by atoms with Crippen molar-refractivity contribution in [3.05, 3.63) is 137 Å². The molecule has 0 unspecified atom stereocenters. The van der Waals surface area contributed by atoms with Gasteiger partial charge in [-0.25, -0.2) is 44.9 Å². The Morgan fingerprint density at radius 1 is 0.618 bits per heavy atom. The fourth-order valence-electron chi connectivity index (χ4n) is 7.80. The van der Waals surface area contributed by atoms with Gasteiger partial charge in [0.1, 0.15) is 40.5 Å². The van der Waals surface area contributed by atoms with Crippen molar-refractivity contribution in [3.8, 4) is 0 Å². The molecule has 2 aliphatic heterocycles.